The molecule has 1 aromatic carbocycles. The molecule has 0 saturated carbocycles. The van der Waals surface area contributed by atoms with Crippen LogP contribution in [0.2, 0.25) is 5.02 Å². The number of nitrogens with zero attached hydrogens (tertiary/aromatic N) is 2. The molecule has 7 nitrogen and oxygen atoms in total. The summed E-state index contributed by atoms with van der Waals surface area (Å²) < 4.78 is 14.2. The molecule has 2 heterocycles. The zero-order valence-electron chi connectivity index (χ0n) is 21.1. The number of carbonyl (C=O) groups excluding carboxylic acids is 3. The molecule has 1 saturated heterocycles. The first-order valence-electron chi connectivity index (χ1n) is 11.5. The minimum atomic E-state index is -1.02. The lowest BCUT2D eigenvalue weighted by Crippen LogP contribution is -2.64. The summed E-state index contributed by atoms with van der Waals surface area (Å²) >= 11 is 7.34. The van der Waals surface area contributed by atoms with Crippen LogP contribution >= 0.6 is 22.9 Å². The second-order valence-corrected chi connectivity index (χ2v) is 11.6. The Bertz CT molecular complexity index is 1170. The van der Waals surface area contributed by atoms with Crippen LogP contribution in [0.4, 0.5) is 20.6 Å². The summed E-state index contributed by atoms with van der Waals surface area (Å²) in [6.07, 6.45) is 0. The van der Waals surface area contributed by atoms with E-state index in [1.807, 2.05) is 27.7 Å². The number of piperazine rings is 1. The number of aryl methyl sites for hydroxylation is 1. The zero-order chi connectivity index (χ0) is 26.3. The predicted molar refractivity (Wildman–Crippen MR) is 139 cm³/mol. The number of hydrogen-bond donors (Lipinski definition) is 2. The van der Waals surface area contributed by atoms with Gasteiger partial charge in [-0.15, -0.1) is 11.3 Å². The van der Waals surface area contributed by atoms with Crippen molar-refractivity contribution in [1.82, 2.24) is 9.80 Å². The summed E-state index contributed by atoms with van der Waals surface area (Å²) in [6.45, 7) is 14.4. The van der Waals surface area contributed by atoms with Crippen LogP contribution in [0.5, 0.6) is 0 Å². The summed E-state index contributed by atoms with van der Waals surface area (Å²) in [4.78, 5) is 44.0. The van der Waals surface area contributed by atoms with Crippen LogP contribution in [-0.2, 0) is 10.2 Å². The van der Waals surface area contributed by atoms with Crippen molar-refractivity contribution in [3.63, 3.8) is 0 Å². The number of anilines is 2. The molecule has 0 radical (unpaired) electrons. The third-order valence-corrected chi connectivity index (χ3v) is 8.06. The monoisotopic (exact) mass is 522 g/mol. The van der Waals surface area contributed by atoms with E-state index in [1.165, 1.54) is 23.5 Å². The largest absolute Gasteiger partial charge is 0.339 e. The number of nitrogens with one attached hydrogen (secondary N) is 2. The highest BCUT2D eigenvalue weighted by Gasteiger charge is 2.45. The van der Waals surface area contributed by atoms with Gasteiger partial charge in [0, 0.05) is 24.5 Å². The summed E-state index contributed by atoms with van der Waals surface area (Å²) in [5.74, 6) is -1.05. The van der Waals surface area contributed by atoms with E-state index in [2.05, 4.69) is 10.6 Å². The zero-order valence-corrected chi connectivity index (χ0v) is 22.7. The van der Waals surface area contributed by atoms with E-state index in [0.29, 0.717) is 35.8 Å². The SMILES string of the molecule is CCN1CCN(C(=O)c2sc(C(C)(C)C)cc2NC(=O)Nc2ccc(C)c(F)c2Cl)C(C)(C)C1=O. The van der Waals surface area contributed by atoms with Crippen LogP contribution in [-0.4, -0.2) is 52.8 Å². The van der Waals surface area contributed by atoms with E-state index in [-0.39, 0.29) is 27.9 Å². The topological polar surface area (TPSA) is 81.8 Å². The quantitative estimate of drug-likeness (QED) is 0.526. The molecule has 0 atom stereocenters. The molecule has 2 N–H and O–H groups in total. The molecule has 0 bridgehead atoms. The highest BCUT2D eigenvalue weighted by molar-refractivity contribution is 7.14. The van der Waals surface area contributed by atoms with Gasteiger partial charge in [-0.2, -0.15) is 0 Å². The lowest BCUT2D eigenvalue weighted by molar-refractivity contribution is -0.146. The first kappa shape index (κ1) is 26.9. The average molecular weight is 523 g/mol. The molecule has 35 heavy (non-hydrogen) atoms. The van der Waals surface area contributed by atoms with Crippen molar-refractivity contribution in [2.75, 3.05) is 30.3 Å². The van der Waals surface area contributed by atoms with Crippen LogP contribution < -0.4 is 10.6 Å². The number of amides is 4. The van der Waals surface area contributed by atoms with Crippen LogP contribution in [0, 0.1) is 12.7 Å². The standard InChI is InChI=1S/C25H32ClFN4O3S/c1-8-30-11-12-31(25(6,7)22(30)33)21(32)20-16(13-17(35-20)24(3,4)5)29-23(34)28-15-10-9-14(2)19(27)18(15)26/h9-10,13H,8,11-12H2,1-7H3,(H2,28,29,34). The van der Waals surface area contributed by atoms with Crippen LogP contribution in [0.3, 0.4) is 0 Å². The van der Waals surface area contributed by atoms with Gasteiger partial charge in [0.2, 0.25) is 5.91 Å². The lowest BCUT2D eigenvalue weighted by Gasteiger charge is -2.45. The second-order valence-electron chi connectivity index (χ2n) is 10.1. The summed E-state index contributed by atoms with van der Waals surface area (Å²) in [6, 6.07) is 4.14. The summed E-state index contributed by atoms with van der Waals surface area (Å²) in [5, 5.41) is 5.09. The van der Waals surface area contributed by atoms with Crippen molar-refractivity contribution in [2.45, 2.75) is 59.4 Å². The minimum absolute atomic E-state index is 0.115. The van der Waals surface area contributed by atoms with Gasteiger partial charge in [0.15, 0.2) is 0 Å². The van der Waals surface area contributed by atoms with Crippen molar-refractivity contribution in [3.05, 3.63) is 44.4 Å². The maximum atomic E-state index is 14.2. The third-order valence-electron chi connectivity index (χ3n) is 6.14. The molecule has 0 spiro atoms. The Kier molecular flexibility index (Phi) is 7.53. The molecule has 4 amide bonds. The van der Waals surface area contributed by atoms with Crippen molar-refractivity contribution in [2.24, 2.45) is 0 Å². The molecule has 2 aromatic rings. The van der Waals surface area contributed by atoms with E-state index in [1.54, 1.807) is 36.6 Å². The Morgan fingerprint density at radius 1 is 1.17 bits per heavy atom. The first-order chi connectivity index (χ1) is 16.2. The Morgan fingerprint density at radius 2 is 1.80 bits per heavy atom. The molecule has 0 unspecified atom stereocenters. The molecule has 10 heteroatoms. The number of halogens is 2. The fourth-order valence-corrected chi connectivity index (χ4v) is 5.29. The van der Waals surface area contributed by atoms with Gasteiger partial charge < -0.3 is 20.4 Å². The minimum Gasteiger partial charge on any atom is -0.339 e. The van der Waals surface area contributed by atoms with Gasteiger partial charge in [-0.3, -0.25) is 9.59 Å². The van der Waals surface area contributed by atoms with Crippen molar-refractivity contribution in [1.29, 1.82) is 0 Å². The smallest absolute Gasteiger partial charge is 0.323 e. The molecule has 1 aromatic heterocycles. The Morgan fingerprint density at radius 3 is 2.40 bits per heavy atom. The molecular formula is C25H32ClFN4O3S. The number of benzene rings is 1. The van der Waals surface area contributed by atoms with Gasteiger partial charge in [-0.25, -0.2) is 9.18 Å². The van der Waals surface area contributed by atoms with E-state index < -0.39 is 17.4 Å². The average Bonchev–Trinajstić information content (AvgIpc) is 3.20. The number of rotatable bonds is 4. The number of likely N-dealkylation sites (N-methyl/N-ethyl adjacent to an activating group) is 1. The molecule has 1 fully saturated rings. The highest BCUT2D eigenvalue weighted by Crippen LogP contribution is 2.38. The summed E-state index contributed by atoms with van der Waals surface area (Å²) in [7, 11) is 0. The molecule has 0 aliphatic carbocycles. The second kappa shape index (κ2) is 9.78. The predicted octanol–water partition coefficient (Wildman–Crippen LogP) is 5.87. The Labute approximate surface area is 214 Å². The fraction of sp³-hybridized carbons (Fsp3) is 0.480. The van der Waals surface area contributed by atoms with Crippen molar-refractivity contribution in [3.8, 4) is 0 Å². The van der Waals surface area contributed by atoms with Crippen molar-refractivity contribution >= 4 is 52.2 Å². The molecule has 1 aliphatic rings. The van der Waals surface area contributed by atoms with Crippen molar-refractivity contribution < 1.29 is 18.8 Å². The Hall–Kier alpha value is -2.65. The van der Waals surface area contributed by atoms with Gasteiger partial charge >= 0.3 is 6.03 Å². The Balaban J connectivity index is 1.93. The van der Waals surface area contributed by atoms with Crippen LogP contribution in [0.25, 0.3) is 0 Å². The van der Waals surface area contributed by atoms with Gasteiger partial charge in [-0.1, -0.05) is 38.4 Å². The summed E-state index contributed by atoms with van der Waals surface area (Å²) in [5.41, 5.74) is -0.488. The van der Waals surface area contributed by atoms with E-state index in [9.17, 15) is 18.8 Å². The maximum Gasteiger partial charge on any atom is 0.323 e. The number of thiophene rings is 1. The number of hydrogen-bond acceptors (Lipinski definition) is 4. The fourth-order valence-electron chi connectivity index (χ4n) is 3.91. The van der Waals surface area contributed by atoms with E-state index >= 15 is 0 Å². The van der Waals surface area contributed by atoms with Gasteiger partial charge in [0.05, 0.1) is 11.4 Å². The normalized spacial score (nSPS) is 15.9. The number of carbonyl (C=O) groups is 3. The number of urea groups is 1. The molecule has 190 valence electrons. The van der Waals surface area contributed by atoms with Gasteiger partial charge in [-0.05, 0) is 50.8 Å². The maximum absolute atomic E-state index is 14.2. The molecular weight excluding hydrogens is 491 g/mol. The van der Waals surface area contributed by atoms with Crippen LogP contribution in [0.15, 0.2) is 18.2 Å². The van der Waals surface area contributed by atoms with Gasteiger partial charge in [0.1, 0.15) is 21.3 Å². The van der Waals surface area contributed by atoms with Gasteiger partial charge in [0.25, 0.3) is 5.91 Å². The van der Waals surface area contributed by atoms with Crippen LogP contribution in [0.1, 0.15) is 61.7 Å². The molecule has 1 aliphatic heterocycles. The van der Waals surface area contributed by atoms with E-state index in [0.717, 1.165) is 4.88 Å². The highest BCUT2D eigenvalue weighted by atomic mass is 35.5. The first-order valence-corrected chi connectivity index (χ1v) is 12.7. The molecule has 3 rings (SSSR count). The third kappa shape index (κ3) is 5.30. The van der Waals surface area contributed by atoms with E-state index in [4.69, 9.17) is 11.6 Å². The lowest BCUT2D eigenvalue weighted by atomic mass is 9.94.